The molecule has 0 radical (unpaired) electrons. The zero-order valence-electron chi connectivity index (χ0n) is 14.4. The van der Waals surface area contributed by atoms with Crippen molar-refractivity contribution in [3.63, 3.8) is 0 Å². The van der Waals surface area contributed by atoms with Crippen molar-refractivity contribution < 1.29 is 18.7 Å². The van der Waals surface area contributed by atoms with Crippen LogP contribution in [0.25, 0.3) is 0 Å². The molecule has 2 aliphatic rings. The van der Waals surface area contributed by atoms with Crippen molar-refractivity contribution in [2.75, 3.05) is 24.3 Å². The second kappa shape index (κ2) is 7.99. The predicted molar refractivity (Wildman–Crippen MR) is 96.9 cm³/mol. The number of nitrogens with zero attached hydrogens (tertiary/aromatic N) is 2. The SMILES string of the molecule is O=C(CSc1nnc(C2CCCCC2)o1)Nc1ccc2c(c1)OCCO2. The van der Waals surface area contributed by atoms with Gasteiger partial charge in [0.05, 0.1) is 5.75 Å². The van der Waals surface area contributed by atoms with Gasteiger partial charge in [0.15, 0.2) is 11.5 Å². The number of fused-ring (bicyclic) bond motifs is 1. The van der Waals surface area contributed by atoms with Crippen molar-refractivity contribution in [3.8, 4) is 11.5 Å². The zero-order chi connectivity index (χ0) is 17.8. The first kappa shape index (κ1) is 17.2. The van der Waals surface area contributed by atoms with E-state index in [9.17, 15) is 4.79 Å². The maximum absolute atomic E-state index is 12.2. The predicted octanol–water partition coefficient (Wildman–Crippen LogP) is 3.62. The van der Waals surface area contributed by atoms with E-state index in [2.05, 4.69) is 15.5 Å². The third-order valence-corrected chi connectivity index (χ3v) is 5.35. The fourth-order valence-electron chi connectivity index (χ4n) is 3.24. The minimum Gasteiger partial charge on any atom is -0.486 e. The van der Waals surface area contributed by atoms with E-state index in [1.54, 1.807) is 18.2 Å². The Morgan fingerprint density at radius 2 is 1.92 bits per heavy atom. The standard InChI is InChI=1S/C18H21N3O4S/c22-16(19-13-6-7-14-15(10-13)24-9-8-23-14)11-26-18-21-20-17(25-18)12-4-2-1-3-5-12/h6-7,10,12H,1-5,8-9,11H2,(H,19,22). The molecule has 0 spiro atoms. The Morgan fingerprint density at radius 3 is 2.77 bits per heavy atom. The van der Waals surface area contributed by atoms with Crippen LogP contribution in [0.3, 0.4) is 0 Å². The van der Waals surface area contributed by atoms with Gasteiger partial charge in [-0.2, -0.15) is 0 Å². The van der Waals surface area contributed by atoms with Gasteiger partial charge in [0.2, 0.25) is 11.8 Å². The molecule has 4 rings (SSSR count). The first-order valence-electron chi connectivity index (χ1n) is 8.93. The lowest BCUT2D eigenvalue weighted by molar-refractivity contribution is -0.113. The lowest BCUT2D eigenvalue weighted by atomic mass is 9.89. The Labute approximate surface area is 155 Å². The minimum absolute atomic E-state index is 0.135. The van der Waals surface area contributed by atoms with Crippen LogP contribution in [-0.4, -0.2) is 35.1 Å². The van der Waals surface area contributed by atoms with Crippen LogP contribution in [-0.2, 0) is 4.79 Å². The van der Waals surface area contributed by atoms with E-state index in [0.29, 0.717) is 47.4 Å². The topological polar surface area (TPSA) is 86.5 Å². The molecule has 0 atom stereocenters. The number of hydrogen-bond acceptors (Lipinski definition) is 7. The molecule has 1 aromatic heterocycles. The number of amides is 1. The molecule has 138 valence electrons. The van der Waals surface area contributed by atoms with E-state index in [4.69, 9.17) is 13.9 Å². The monoisotopic (exact) mass is 375 g/mol. The summed E-state index contributed by atoms with van der Waals surface area (Å²) in [6.07, 6.45) is 5.93. The van der Waals surface area contributed by atoms with Gasteiger partial charge in [0.25, 0.3) is 5.22 Å². The molecule has 1 amide bonds. The number of nitrogens with one attached hydrogen (secondary N) is 1. The lowest BCUT2D eigenvalue weighted by Crippen LogP contribution is -2.17. The molecule has 1 aromatic carbocycles. The number of carbonyl (C=O) groups excluding carboxylic acids is 1. The van der Waals surface area contributed by atoms with Crippen LogP contribution in [0.1, 0.15) is 43.9 Å². The number of benzene rings is 1. The average Bonchev–Trinajstić information content (AvgIpc) is 3.16. The van der Waals surface area contributed by atoms with Crippen LogP contribution in [0.2, 0.25) is 0 Å². The largest absolute Gasteiger partial charge is 0.486 e. The van der Waals surface area contributed by atoms with Gasteiger partial charge in [-0.3, -0.25) is 4.79 Å². The number of ether oxygens (including phenoxy) is 2. The summed E-state index contributed by atoms with van der Waals surface area (Å²) in [5.41, 5.74) is 0.674. The Bertz CT molecular complexity index is 774. The molecular formula is C18H21N3O4S. The highest BCUT2D eigenvalue weighted by Gasteiger charge is 2.21. The van der Waals surface area contributed by atoms with Crippen molar-refractivity contribution in [2.24, 2.45) is 0 Å². The van der Waals surface area contributed by atoms with Gasteiger partial charge >= 0.3 is 0 Å². The Balaban J connectivity index is 1.29. The molecule has 0 saturated heterocycles. The highest BCUT2D eigenvalue weighted by Crippen LogP contribution is 2.34. The van der Waals surface area contributed by atoms with E-state index in [-0.39, 0.29) is 11.7 Å². The summed E-state index contributed by atoms with van der Waals surface area (Å²) in [6, 6.07) is 5.36. The van der Waals surface area contributed by atoms with Crippen molar-refractivity contribution in [1.82, 2.24) is 10.2 Å². The second-order valence-electron chi connectivity index (χ2n) is 6.44. The Morgan fingerprint density at radius 1 is 1.12 bits per heavy atom. The summed E-state index contributed by atoms with van der Waals surface area (Å²) >= 11 is 1.25. The maximum Gasteiger partial charge on any atom is 0.277 e. The molecule has 26 heavy (non-hydrogen) atoms. The normalized spacial score (nSPS) is 17.1. The van der Waals surface area contributed by atoms with Crippen molar-refractivity contribution in [1.29, 1.82) is 0 Å². The van der Waals surface area contributed by atoms with Crippen LogP contribution < -0.4 is 14.8 Å². The smallest absolute Gasteiger partial charge is 0.277 e. The lowest BCUT2D eigenvalue weighted by Gasteiger charge is -2.18. The third kappa shape index (κ3) is 4.12. The molecule has 1 fully saturated rings. The van der Waals surface area contributed by atoms with Crippen LogP contribution >= 0.6 is 11.8 Å². The number of hydrogen-bond donors (Lipinski definition) is 1. The molecule has 1 N–H and O–H groups in total. The number of anilines is 1. The van der Waals surface area contributed by atoms with Crippen LogP contribution in [0, 0.1) is 0 Å². The highest BCUT2D eigenvalue weighted by molar-refractivity contribution is 7.99. The minimum atomic E-state index is -0.135. The summed E-state index contributed by atoms with van der Waals surface area (Å²) in [6.45, 7) is 1.06. The second-order valence-corrected chi connectivity index (χ2v) is 7.36. The summed E-state index contributed by atoms with van der Waals surface area (Å²) in [7, 11) is 0. The van der Waals surface area contributed by atoms with Crippen molar-refractivity contribution >= 4 is 23.4 Å². The van der Waals surface area contributed by atoms with E-state index < -0.39 is 0 Å². The van der Waals surface area contributed by atoms with E-state index >= 15 is 0 Å². The molecule has 0 unspecified atom stereocenters. The van der Waals surface area contributed by atoms with Crippen molar-refractivity contribution in [3.05, 3.63) is 24.1 Å². The fraction of sp³-hybridized carbons (Fsp3) is 0.500. The Kier molecular flexibility index (Phi) is 5.29. The van der Waals surface area contributed by atoms with Gasteiger partial charge in [-0.05, 0) is 25.0 Å². The van der Waals surface area contributed by atoms with Crippen molar-refractivity contribution in [2.45, 2.75) is 43.2 Å². The van der Waals surface area contributed by atoms with Gasteiger partial charge in [0, 0.05) is 17.7 Å². The average molecular weight is 375 g/mol. The molecule has 2 heterocycles. The van der Waals surface area contributed by atoms with Crippen LogP contribution in [0.15, 0.2) is 27.8 Å². The third-order valence-electron chi connectivity index (χ3n) is 4.53. The molecular weight excluding hydrogens is 354 g/mol. The maximum atomic E-state index is 12.2. The van der Waals surface area contributed by atoms with Crippen LogP contribution in [0.5, 0.6) is 11.5 Å². The molecule has 0 bridgehead atoms. The summed E-state index contributed by atoms with van der Waals surface area (Å²) in [5.74, 6) is 2.50. The summed E-state index contributed by atoms with van der Waals surface area (Å²) in [5, 5.41) is 11.5. The molecule has 1 saturated carbocycles. The number of carbonyl (C=O) groups is 1. The fourth-order valence-corrected chi connectivity index (χ4v) is 3.81. The van der Waals surface area contributed by atoms with E-state index in [1.165, 1.54) is 31.0 Å². The highest BCUT2D eigenvalue weighted by atomic mass is 32.2. The zero-order valence-corrected chi connectivity index (χ0v) is 15.2. The summed E-state index contributed by atoms with van der Waals surface area (Å²) < 4.78 is 16.7. The molecule has 7 nitrogen and oxygen atoms in total. The number of thioether (sulfide) groups is 1. The van der Waals surface area contributed by atoms with Gasteiger partial charge in [-0.15, -0.1) is 10.2 Å². The first-order valence-corrected chi connectivity index (χ1v) is 9.92. The van der Waals surface area contributed by atoms with E-state index in [1.807, 2.05) is 0 Å². The number of rotatable bonds is 5. The van der Waals surface area contributed by atoms with Gasteiger partial charge in [-0.25, -0.2) is 0 Å². The molecule has 1 aliphatic carbocycles. The molecule has 1 aliphatic heterocycles. The molecule has 2 aromatic rings. The quantitative estimate of drug-likeness (QED) is 0.799. The first-order chi connectivity index (χ1) is 12.8. The van der Waals surface area contributed by atoms with Gasteiger partial charge in [0.1, 0.15) is 13.2 Å². The Hall–Kier alpha value is -2.22. The van der Waals surface area contributed by atoms with E-state index in [0.717, 1.165) is 12.8 Å². The van der Waals surface area contributed by atoms with Gasteiger partial charge in [-0.1, -0.05) is 31.0 Å². The van der Waals surface area contributed by atoms with Gasteiger partial charge < -0.3 is 19.2 Å². The molecule has 8 heteroatoms. The summed E-state index contributed by atoms with van der Waals surface area (Å²) in [4.78, 5) is 12.2. The van der Waals surface area contributed by atoms with Crippen LogP contribution in [0.4, 0.5) is 5.69 Å². The number of aromatic nitrogens is 2.